The smallest absolute Gasteiger partial charge is 0.407 e. The first-order chi connectivity index (χ1) is 17.8. The lowest BCUT2D eigenvalue weighted by molar-refractivity contribution is -0.139. The molecule has 0 saturated heterocycles. The van der Waals surface area contributed by atoms with Crippen molar-refractivity contribution >= 4 is 18.1 Å². The number of amides is 3. The van der Waals surface area contributed by atoms with Crippen molar-refractivity contribution in [3.05, 3.63) is 65.7 Å². The van der Waals surface area contributed by atoms with E-state index in [4.69, 9.17) is 9.47 Å². The lowest BCUT2D eigenvalue weighted by atomic mass is 10.1. The maximum atomic E-state index is 13.0. The molecule has 0 aromatic heterocycles. The Labute approximate surface area is 225 Å². The third-order valence-corrected chi connectivity index (χ3v) is 5.66. The van der Waals surface area contributed by atoms with Crippen LogP contribution in [0.25, 0.3) is 0 Å². The van der Waals surface area contributed by atoms with Gasteiger partial charge in [-0.3, -0.25) is 0 Å². The van der Waals surface area contributed by atoms with Crippen LogP contribution in [0.4, 0.5) is 9.59 Å². The number of nitrogens with zero attached hydrogens (tertiary/aromatic N) is 1. The third kappa shape index (κ3) is 11.1. The van der Waals surface area contributed by atoms with Crippen molar-refractivity contribution in [2.75, 3.05) is 6.54 Å². The van der Waals surface area contributed by atoms with Gasteiger partial charge in [-0.1, -0.05) is 42.5 Å². The number of aliphatic carboxylic acids is 1. The van der Waals surface area contributed by atoms with Crippen LogP contribution in [0.5, 0.6) is 5.75 Å². The second kappa shape index (κ2) is 14.3. The van der Waals surface area contributed by atoms with Crippen LogP contribution in [-0.2, 0) is 22.6 Å². The van der Waals surface area contributed by atoms with Gasteiger partial charge in [0, 0.05) is 25.0 Å². The molecule has 2 aromatic rings. The van der Waals surface area contributed by atoms with Gasteiger partial charge in [-0.25, -0.2) is 14.4 Å². The molecule has 2 atom stereocenters. The number of carbonyl (C=O) groups excluding carboxylic acids is 2. The van der Waals surface area contributed by atoms with Crippen molar-refractivity contribution in [2.45, 2.75) is 84.7 Å². The fourth-order valence-electron chi connectivity index (χ4n) is 3.64. The van der Waals surface area contributed by atoms with Crippen molar-refractivity contribution in [1.29, 1.82) is 0 Å². The molecule has 0 aliphatic carbocycles. The van der Waals surface area contributed by atoms with E-state index in [-0.39, 0.29) is 18.5 Å². The molecule has 0 aliphatic rings. The molecule has 9 nitrogen and oxygen atoms in total. The topological polar surface area (TPSA) is 117 Å². The van der Waals surface area contributed by atoms with Gasteiger partial charge < -0.3 is 30.1 Å². The van der Waals surface area contributed by atoms with E-state index in [0.717, 1.165) is 11.1 Å². The number of carboxylic acids is 1. The zero-order chi connectivity index (χ0) is 28.3. The lowest BCUT2D eigenvalue weighted by Crippen LogP contribution is -2.52. The Morgan fingerprint density at radius 3 is 2.11 bits per heavy atom. The minimum Gasteiger partial charge on any atom is -0.489 e. The molecule has 2 rings (SSSR count). The zero-order valence-corrected chi connectivity index (χ0v) is 23.2. The van der Waals surface area contributed by atoms with E-state index >= 15 is 0 Å². The molecule has 0 unspecified atom stereocenters. The Kier molecular flexibility index (Phi) is 11.4. The van der Waals surface area contributed by atoms with E-state index in [1.165, 1.54) is 0 Å². The summed E-state index contributed by atoms with van der Waals surface area (Å²) in [4.78, 5) is 38.5. The van der Waals surface area contributed by atoms with Gasteiger partial charge in [0.05, 0.1) is 0 Å². The number of hydrogen-bond donors (Lipinski definition) is 3. The fraction of sp³-hybridized carbons (Fsp3) is 0.483. The van der Waals surface area contributed by atoms with E-state index < -0.39 is 29.7 Å². The molecule has 208 valence electrons. The van der Waals surface area contributed by atoms with Crippen molar-refractivity contribution in [3.8, 4) is 5.75 Å². The van der Waals surface area contributed by atoms with Crippen LogP contribution in [0.3, 0.4) is 0 Å². The standard InChI is InChI=1S/C29H41N3O6/c1-20(2)32(17-16-21(3)30-28(36)38-29(4,5)6)27(35)31-25(26(33)34)18-22-12-14-24(15-13-22)37-19-23-10-8-7-9-11-23/h7-15,20-21,25H,16-19H2,1-6H3,(H,30,36)(H,31,35)(H,33,34)/t21-,25-/m0/s1. The van der Waals surface area contributed by atoms with Gasteiger partial charge in [-0.2, -0.15) is 0 Å². The summed E-state index contributed by atoms with van der Waals surface area (Å²) >= 11 is 0. The minimum absolute atomic E-state index is 0.128. The monoisotopic (exact) mass is 527 g/mol. The van der Waals surface area contributed by atoms with Crippen molar-refractivity contribution in [3.63, 3.8) is 0 Å². The third-order valence-electron chi connectivity index (χ3n) is 5.66. The van der Waals surface area contributed by atoms with Gasteiger partial charge in [-0.15, -0.1) is 0 Å². The first-order valence-corrected chi connectivity index (χ1v) is 12.9. The highest BCUT2D eigenvalue weighted by Crippen LogP contribution is 2.16. The number of hydrogen-bond acceptors (Lipinski definition) is 5. The number of rotatable bonds is 12. The maximum absolute atomic E-state index is 13.0. The van der Waals surface area contributed by atoms with Crippen LogP contribution in [0, 0.1) is 0 Å². The molecular weight excluding hydrogens is 486 g/mol. The van der Waals surface area contributed by atoms with Crippen LogP contribution in [-0.4, -0.2) is 58.4 Å². The average Bonchev–Trinajstić information content (AvgIpc) is 2.82. The minimum atomic E-state index is -1.12. The highest BCUT2D eigenvalue weighted by Gasteiger charge is 2.26. The fourth-order valence-corrected chi connectivity index (χ4v) is 3.64. The second-order valence-electron chi connectivity index (χ2n) is 10.6. The van der Waals surface area contributed by atoms with Crippen LogP contribution in [0.2, 0.25) is 0 Å². The van der Waals surface area contributed by atoms with E-state index in [1.54, 1.807) is 49.9 Å². The zero-order valence-electron chi connectivity index (χ0n) is 23.2. The summed E-state index contributed by atoms with van der Waals surface area (Å²) in [7, 11) is 0. The molecule has 9 heteroatoms. The number of carboxylic acid groups (broad SMARTS) is 1. The quantitative estimate of drug-likeness (QED) is 0.358. The van der Waals surface area contributed by atoms with Gasteiger partial charge >= 0.3 is 18.1 Å². The number of nitrogens with one attached hydrogen (secondary N) is 2. The molecule has 0 fully saturated rings. The lowest BCUT2D eigenvalue weighted by Gasteiger charge is -2.30. The molecule has 0 aliphatic heterocycles. The van der Waals surface area contributed by atoms with Crippen molar-refractivity contribution in [1.82, 2.24) is 15.5 Å². The summed E-state index contributed by atoms with van der Waals surface area (Å²) in [6.45, 7) is 11.7. The molecule has 0 spiro atoms. The number of carbonyl (C=O) groups is 3. The van der Waals surface area contributed by atoms with Gasteiger partial charge in [0.15, 0.2) is 0 Å². The Morgan fingerprint density at radius 2 is 1.55 bits per heavy atom. The first-order valence-electron chi connectivity index (χ1n) is 12.9. The summed E-state index contributed by atoms with van der Waals surface area (Å²) in [5.41, 5.74) is 1.21. The van der Waals surface area contributed by atoms with Gasteiger partial charge in [0.25, 0.3) is 0 Å². The van der Waals surface area contributed by atoms with E-state index in [2.05, 4.69) is 10.6 Å². The average molecular weight is 528 g/mol. The van der Waals surface area contributed by atoms with Crippen LogP contribution in [0.1, 0.15) is 59.1 Å². The molecule has 0 radical (unpaired) electrons. The van der Waals surface area contributed by atoms with Crippen molar-refractivity contribution in [2.24, 2.45) is 0 Å². The number of urea groups is 1. The Hall–Kier alpha value is -3.75. The van der Waals surface area contributed by atoms with Crippen LogP contribution >= 0.6 is 0 Å². The predicted octanol–water partition coefficient (Wildman–Crippen LogP) is 4.98. The first kappa shape index (κ1) is 30.5. The molecule has 0 bridgehead atoms. The van der Waals surface area contributed by atoms with E-state index in [0.29, 0.717) is 25.3 Å². The summed E-state index contributed by atoms with van der Waals surface area (Å²) in [6, 6.07) is 15.0. The molecule has 2 aromatic carbocycles. The highest BCUT2D eigenvalue weighted by molar-refractivity contribution is 5.83. The number of ether oxygens (including phenoxy) is 2. The molecule has 3 amide bonds. The maximum Gasteiger partial charge on any atom is 0.407 e. The number of benzene rings is 2. The van der Waals surface area contributed by atoms with Gasteiger partial charge in [-0.05, 0) is 71.2 Å². The summed E-state index contributed by atoms with van der Waals surface area (Å²) in [5.74, 6) is -0.444. The number of alkyl carbamates (subject to hydrolysis) is 1. The summed E-state index contributed by atoms with van der Waals surface area (Å²) in [6.07, 6.45) is 0.0864. The summed E-state index contributed by atoms with van der Waals surface area (Å²) in [5, 5.41) is 15.2. The highest BCUT2D eigenvalue weighted by atomic mass is 16.6. The van der Waals surface area contributed by atoms with E-state index in [1.807, 2.05) is 51.1 Å². The van der Waals surface area contributed by atoms with Gasteiger partial charge in [0.1, 0.15) is 24.0 Å². The second-order valence-corrected chi connectivity index (χ2v) is 10.6. The molecular formula is C29H41N3O6. The van der Waals surface area contributed by atoms with E-state index in [9.17, 15) is 19.5 Å². The molecule has 0 heterocycles. The molecule has 0 saturated carbocycles. The Bertz CT molecular complexity index is 1030. The van der Waals surface area contributed by atoms with Gasteiger partial charge in [0.2, 0.25) is 0 Å². The van der Waals surface area contributed by atoms with Crippen LogP contribution in [0.15, 0.2) is 54.6 Å². The van der Waals surface area contributed by atoms with Crippen molar-refractivity contribution < 1.29 is 29.0 Å². The molecule has 38 heavy (non-hydrogen) atoms. The van der Waals surface area contributed by atoms with Crippen LogP contribution < -0.4 is 15.4 Å². The largest absolute Gasteiger partial charge is 0.489 e. The Morgan fingerprint density at radius 1 is 0.921 bits per heavy atom. The normalized spacial score (nSPS) is 12.8. The summed E-state index contributed by atoms with van der Waals surface area (Å²) < 4.78 is 11.1. The predicted molar refractivity (Wildman–Crippen MR) is 146 cm³/mol. The SMILES string of the molecule is CC(C)N(CC[C@H](C)NC(=O)OC(C)(C)C)C(=O)N[C@@H](Cc1ccc(OCc2ccccc2)cc1)C(=O)O. The molecule has 3 N–H and O–H groups in total. The Balaban J connectivity index is 1.91.